The van der Waals surface area contributed by atoms with Crippen molar-refractivity contribution in [1.29, 1.82) is 0 Å². The number of hydrogen-bond donors (Lipinski definition) is 1. The Kier molecular flexibility index (Phi) is 7.25. The van der Waals surface area contributed by atoms with Crippen molar-refractivity contribution in [2.45, 2.75) is 56.2 Å². The van der Waals surface area contributed by atoms with E-state index >= 15 is 0 Å². The average molecular weight is 313 g/mol. The minimum atomic E-state index is -0.638. The molecule has 0 fully saturated rings. The van der Waals surface area contributed by atoms with Crippen molar-refractivity contribution in [3.05, 3.63) is 12.4 Å². The largest absolute Gasteiger partial charge is 0.465 e. The quantitative estimate of drug-likeness (QED) is 0.561. The molecule has 5 nitrogen and oxygen atoms in total. The van der Waals surface area contributed by atoms with Gasteiger partial charge in [-0.15, -0.1) is 11.8 Å². The first-order valence-corrected chi connectivity index (χ1v) is 8.36. The molecular weight excluding hydrogens is 286 g/mol. The smallest absolute Gasteiger partial charge is 0.326 e. The van der Waals surface area contributed by atoms with E-state index in [1.807, 2.05) is 33.3 Å². The Balaban J connectivity index is 2.67. The molecule has 0 radical (unpaired) electrons. The first-order chi connectivity index (χ1) is 9.91. The highest BCUT2D eigenvalue weighted by Gasteiger charge is 2.35. The first kappa shape index (κ1) is 18.0. The van der Waals surface area contributed by atoms with Crippen LogP contribution in [0.3, 0.4) is 0 Å². The number of carbonyl (C=O) groups excluding carboxylic acids is 1. The van der Waals surface area contributed by atoms with E-state index in [1.54, 1.807) is 16.4 Å². The fourth-order valence-electron chi connectivity index (χ4n) is 2.23. The van der Waals surface area contributed by atoms with Crippen molar-refractivity contribution in [3.63, 3.8) is 0 Å². The van der Waals surface area contributed by atoms with Gasteiger partial charge in [0.25, 0.3) is 0 Å². The summed E-state index contributed by atoms with van der Waals surface area (Å²) in [6, 6.07) is 0. The number of nitrogens with one attached hydrogen (secondary N) is 1. The molecular formula is C15H27N3O2S. The van der Waals surface area contributed by atoms with Crippen LogP contribution in [0.15, 0.2) is 17.3 Å². The van der Waals surface area contributed by atoms with Crippen LogP contribution in [-0.4, -0.2) is 39.7 Å². The van der Waals surface area contributed by atoms with Gasteiger partial charge in [-0.05, 0) is 33.2 Å². The Morgan fingerprint density at radius 3 is 2.81 bits per heavy atom. The zero-order valence-corrected chi connectivity index (χ0v) is 14.5. The molecule has 1 aromatic rings. The summed E-state index contributed by atoms with van der Waals surface area (Å²) in [4.78, 5) is 13.4. The highest BCUT2D eigenvalue weighted by molar-refractivity contribution is 7.99. The van der Waals surface area contributed by atoms with E-state index in [9.17, 15) is 4.79 Å². The van der Waals surface area contributed by atoms with E-state index < -0.39 is 5.54 Å². The highest BCUT2D eigenvalue weighted by Crippen LogP contribution is 2.29. The molecule has 6 heteroatoms. The van der Waals surface area contributed by atoms with Gasteiger partial charge in [0.1, 0.15) is 5.54 Å². The summed E-state index contributed by atoms with van der Waals surface area (Å²) in [7, 11) is 1.90. The number of thioether (sulfide) groups is 1. The molecule has 0 bridgehead atoms. The zero-order valence-electron chi connectivity index (χ0n) is 13.7. The standard InChI is InChI=1S/C15H27N3O2S/c1-6-8-16-15(4,14(19)20-7-2)9-12(3)21-13-10-17-18(5)11-13/h10-12,16H,6-9H2,1-5H3. The molecule has 1 heterocycles. The fraction of sp³-hybridized carbons (Fsp3) is 0.733. The maximum atomic E-state index is 12.3. The summed E-state index contributed by atoms with van der Waals surface area (Å²) >= 11 is 1.73. The molecule has 0 aromatic carbocycles. The molecule has 2 unspecified atom stereocenters. The average Bonchev–Trinajstić information content (AvgIpc) is 2.81. The first-order valence-electron chi connectivity index (χ1n) is 7.48. The van der Waals surface area contributed by atoms with Gasteiger partial charge in [0.05, 0.1) is 12.8 Å². The van der Waals surface area contributed by atoms with Crippen molar-refractivity contribution >= 4 is 17.7 Å². The Labute approximate surface area is 131 Å². The lowest BCUT2D eigenvalue weighted by Gasteiger charge is -2.30. The van der Waals surface area contributed by atoms with Crippen LogP contribution in [0.1, 0.15) is 40.5 Å². The SMILES string of the molecule is CCCNC(C)(CC(C)Sc1cnn(C)c1)C(=O)OCC. The summed E-state index contributed by atoms with van der Waals surface area (Å²) < 4.78 is 7.02. The van der Waals surface area contributed by atoms with Gasteiger partial charge in [0.15, 0.2) is 0 Å². The lowest BCUT2D eigenvalue weighted by atomic mass is 9.96. The highest BCUT2D eigenvalue weighted by atomic mass is 32.2. The van der Waals surface area contributed by atoms with Crippen LogP contribution in [-0.2, 0) is 16.6 Å². The summed E-state index contributed by atoms with van der Waals surface area (Å²) in [5.74, 6) is -0.169. The molecule has 0 aliphatic rings. The maximum Gasteiger partial charge on any atom is 0.326 e. The van der Waals surface area contributed by atoms with Crippen molar-refractivity contribution in [3.8, 4) is 0 Å². The molecule has 0 amide bonds. The van der Waals surface area contributed by atoms with Gasteiger partial charge in [-0.1, -0.05) is 13.8 Å². The Hall–Kier alpha value is -1.01. The van der Waals surface area contributed by atoms with E-state index in [0.717, 1.165) is 17.9 Å². The van der Waals surface area contributed by atoms with Crippen LogP contribution in [0.25, 0.3) is 0 Å². The summed E-state index contributed by atoms with van der Waals surface area (Å²) in [5, 5.41) is 7.80. The normalized spacial score (nSPS) is 15.5. The van der Waals surface area contributed by atoms with Gasteiger partial charge in [-0.3, -0.25) is 9.48 Å². The van der Waals surface area contributed by atoms with E-state index in [4.69, 9.17) is 4.74 Å². The number of esters is 1. The van der Waals surface area contributed by atoms with E-state index in [-0.39, 0.29) is 11.2 Å². The molecule has 0 aliphatic heterocycles. The molecule has 0 saturated carbocycles. The third kappa shape index (κ3) is 5.71. The van der Waals surface area contributed by atoms with Crippen LogP contribution in [0.2, 0.25) is 0 Å². The van der Waals surface area contributed by atoms with E-state index in [0.29, 0.717) is 13.0 Å². The van der Waals surface area contributed by atoms with Gasteiger partial charge in [-0.25, -0.2) is 0 Å². The number of carbonyl (C=O) groups is 1. The third-order valence-corrected chi connectivity index (χ3v) is 4.26. The van der Waals surface area contributed by atoms with Gasteiger partial charge in [0.2, 0.25) is 0 Å². The van der Waals surface area contributed by atoms with Crippen LogP contribution in [0.4, 0.5) is 0 Å². The van der Waals surface area contributed by atoms with Gasteiger partial charge in [-0.2, -0.15) is 5.10 Å². The molecule has 1 N–H and O–H groups in total. The Bertz CT molecular complexity index is 450. The minimum Gasteiger partial charge on any atom is -0.465 e. The van der Waals surface area contributed by atoms with Crippen LogP contribution in [0, 0.1) is 0 Å². The summed E-state index contributed by atoms with van der Waals surface area (Å²) in [5.41, 5.74) is -0.638. The van der Waals surface area contributed by atoms with Crippen LogP contribution < -0.4 is 5.32 Å². The van der Waals surface area contributed by atoms with Crippen molar-refractivity contribution < 1.29 is 9.53 Å². The Morgan fingerprint density at radius 1 is 1.57 bits per heavy atom. The molecule has 2 atom stereocenters. The molecule has 21 heavy (non-hydrogen) atoms. The monoisotopic (exact) mass is 313 g/mol. The van der Waals surface area contributed by atoms with Gasteiger partial charge >= 0.3 is 5.97 Å². The fourth-order valence-corrected chi connectivity index (χ4v) is 3.43. The summed E-state index contributed by atoms with van der Waals surface area (Å²) in [6.07, 6.45) is 5.54. The number of rotatable bonds is 9. The molecule has 0 aliphatic carbocycles. The van der Waals surface area contributed by atoms with Crippen LogP contribution in [0.5, 0.6) is 0 Å². The lowest BCUT2D eigenvalue weighted by molar-refractivity contribution is -0.150. The topological polar surface area (TPSA) is 56.2 Å². The molecule has 0 spiro atoms. The number of aromatic nitrogens is 2. The van der Waals surface area contributed by atoms with Crippen molar-refractivity contribution in [2.24, 2.45) is 7.05 Å². The van der Waals surface area contributed by atoms with Crippen molar-refractivity contribution in [1.82, 2.24) is 15.1 Å². The molecule has 1 aromatic heterocycles. The summed E-state index contributed by atoms with van der Waals surface area (Å²) in [6.45, 7) is 9.20. The number of nitrogens with zero attached hydrogens (tertiary/aromatic N) is 2. The Morgan fingerprint density at radius 2 is 2.29 bits per heavy atom. The number of aryl methyl sites for hydroxylation is 1. The maximum absolute atomic E-state index is 12.3. The van der Waals surface area contributed by atoms with E-state index in [1.165, 1.54) is 0 Å². The second-order valence-electron chi connectivity index (χ2n) is 5.46. The predicted molar refractivity (Wildman–Crippen MR) is 86.5 cm³/mol. The zero-order chi connectivity index (χ0) is 15.9. The molecule has 0 saturated heterocycles. The predicted octanol–water partition coefficient (Wildman–Crippen LogP) is 2.61. The second kappa shape index (κ2) is 8.44. The minimum absolute atomic E-state index is 0.169. The second-order valence-corrected chi connectivity index (χ2v) is 6.97. The number of hydrogen-bond acceptors (Lipinski definition) is 5. The number of ether oxygens (including phenoxy) is 1. The van der Waals surface area contributed by atoms with Crippen LogP contribution >= 0.6 is 11.8 Å². The van der Waals surface area contributed by atoms with Gasteiger partial charge < -0.3 is 10.1 Å². The molecule has 120 valence electrons. The van der Waals surface area contributed by atoms with Crippen molar-refractivity contribution in [2.75, 3.05) is 13.2 Å². The third-order valence-electron chi connectivity index (χ3n) is 3.21. The molecule has 1 rings (SSSR count). The lowest BCUT2D eigenvalue weighted by Crippen LogP contribution is -2.52. The van der Waals surface area contributed by atoms with E-state index in [2.05, 4.69) is 24.3 Å². The van der Waals surface area contributed by atoms with Gasteiger partial charge in [0, 0.05) is 23.4 Å².